The van der Waals surface area contributed by atoms with Gasteiger partial charge < -0.3 is 15.4 Å². The second-order valence-electron chi connectivity index (χ2n) is 4.26. The van der Waals surface area contributed by atoms with Crippen LogP contribution in [0.1, 0.15) is 34.6 Å². The van der Waals surface area contributed by atoms with Gasteiger partial charge in [-0.05, 0) is 34.6 Å². The number of esters is 1. The van der Waals surface area contributed by atoms with E-state index in [2.05, 4.69) is 10.6 Å². The van der Waals surface area contributed by atoms with Crippen molar-refractivity contribution in [1.82, 2.24) is 10.6 Å². The fourth-order valence-corrected chi connectivity index (χ4v) is 0.857. The van der Waals surface area contributed by atoms with Crippen molar-refractivity contribution in [2.45, 2.75) is 46.3 Å². The Morgan fingerprint density at radius 1 is 1.33 bits per heavy atom. The van der Waals surface area contributed by atoms with Gasteiger partial charge in [0.05, 0.1) is 0 Å². The molecule has 2 amide bonds. The fraction of sp³-hybridized carbons (Fsp3) is 0.800. The van der Waals surface area contributed by atoms with Gasteiger partial charge in [-0.1, -0.05) is 0 Å². The maximum absolute atomic E-state index is 11.4. The lowest BCUT2D eigenvalue weighted by atomic mass is 10.2. The van der Waals surface area contributed by atoms with Crippen molar-refractivity contribution in [3.8, 4) is 0 Å². The van der Waals surface area contributed by atoms with Crippen LogP contribution in [0.15, 0.2) is 0 Å². The van der Waals surface area contributed by atoms with E-state index in [0.29, 0.717) is 6.54 Å². The number of ether oxygens (including phenoxy) is 1. The van der Waals surface area contributed by atoms with Crippen LogP contribution in [0.5, 0.6) is 0 Å². The zero-order valence-electron chi connectivity index (χ0n) is 10.0. The molecule has 0 fully saturated rings. The lowest BCUT2D eigenvalue weighted by Crippen LogP contribution is -2.46. The molecule has 0 unspecified atom stereocenters. The standard InChI is InChI=1S/C10H20N2O3/c1-6-11-9(14)12-7(2)8(13)15-10(3,4)5/h7H,6H2,1-5H3,(H2,11,12,14)/t7-/m0/s1. The van der Waals surface area contributed by atoms with Gasteiger partial charge in [0.1, 0.15) is 11.6 Å². The summed E-state index contributed by atoms with van der Waals surface area (Å²) in [6, 6.07) is -1.01. The Hall–Kier alpha value is -1.26. The molecule has 2 N–H and O–H groups in total. The summed E-state index contributed by atoms with van der Waals surface area (Å²) < 4.78 is 5.10. The van der Waals surface area contributed by atoms with E-state index in [0.717, 1.165) is 0 Å². The minimum atomic E-state index is -0.643. The normalized spacial score (nSPS) is 12.9. The third-order valence-electron chi connectivity index (χ3n) is 1.45. The SMILES string of the molecule is CCNC(=O)N[C@@H](C)C(=O)OC(C)(C)C. The van der Waals surface area contributed by atoms with Crippen LogP contribution < -0.4 is 10.6 Å². The zero-order valence-corrected chi connectivity index (χ0v) is 10.0. The molecule has 0 aromatic carbocycles. The predicted molar refractivity (Wildman–Crippen MR) is 57.5 cm³/mol. The highest BCUT2D eigenvalue weighted by atomic mass is 16.6. The molecule has 0 aliphatic carbocycles. The first-order valence-corrected chi connectivity index (χ1v) is 5.03. The Bertz CT molecular complexity index is 233. The topological polar surface area (TPSA) is 67.4 Å². The van der Waals surface area contributed by atoms with Crippen LogP contribution in [0.25, 0.3) is 0 Å². The number of hydrogen-bond acceptors (Lipinski definition) is 3. The highest BCUT2D eigenvalue weighted by molar-refractivity contribution is 5.83. The molecule has 0 bridgehead atoms. The van der Waals surface area contributed by atoms with Gasteiger partial charge in [0.15, 0.2) is 0 Å². The van der Waals surface area contributed by atoms with Gasteiger partial charge in [0.2, 0.25) is 0 Å². The predicted octanol–water partition coefficient (Wildman–Crippen LogP) is 1.04. The van der Waals surface area contributed by atoms with E-state index in [1.54, 1.807) is 34.6 Å². The second kappa shape index (κ2) is 5.58. The molecule has 1 atom stereocenters. The maximum Gasteiger partial charge on any atom is 0.328 e. The summed E-state index contributed by atoms with van der Waals surface area (Å²) in [7, 11) is 0. The van der Waals surface area contributed by atoms with Crippen LogP contribution in [0.3, 0.4) is 0 Å². The van der Waals surface area contributed by atoms with Gasteiger partial charge in [-0.15, -0.1) is 0 Å². The van der Waals surface area contributed by atoms with E-state index < -0.39 is 17.6 Å². The van der Waals surface area contributed by atoms with Crippen molar-refractivity contribution in [2.75, 3.05) is 6.54 Å². The van der Waals surface area contributed by atoms with E-state index in [1.807, 2.05) is 0 Å². The summed E-state index contributed by atoms with van der Waals surface area (Å²) in [6.45, 7) is 9.26. The van der Waals surface area contributed by atoms with Gasteiger partial charge in [0, 0.05) is 6.54 Å². The summed E-state index contributed by atoms with van der Waals surface area (Å²) >= 11 is 0. The molecule has 0 saturated heterocycles. The van der Waals surface area contributed by atoms with Crippen LogP contribution in [-0.2, 0) is 9.53 Å². The van der Waals surface area contributed by atoms with E-state index in [9.17, 15) is 9.59 Å². The van der Waals surface area contributed by atoms with Crippen molar-refractivity contribution in [2.24, 2.45) is 0 Å². The number of nitrogens with one attached hydrogen (secondary N) is 2. The molecule has 15 heavy (non-hydrogen) atoms. The molecular weight excluding hydrogens is 196 g/mol. The lowest BCUT2D eigenvalue weighted by Gasteiger charge is -2.22. The first-order valence-electron chi connectivity index (χ1n) is 5.03. The Morgan fingerprint density at radius 2 is 1.87 bits per heavy atom. The molecule has 0 rings (SSSR count). The molecule has 0 radical (unpaired) electrons. The Balaban J connectivity index is 4.05. The van der Waals surface area contributed by atoms with Crippen LogP contribution >= 0.6 is 0 Å². The van der Waals surface area contributed by atoms with E-state index in [4.69, 9.17) is 4.74 Å². The van der Waals surface area contributed by atoms with Crippen LogP contribution in [0, 0.1) is 0 Å². The van der Waals surface area contributed by atoms with Gasteiger partial charge >= 0.3 is 12.0 Å². The molecule has 0 spiro atoms. The first-order chi connectivity index (χ1) is 6.76. The summed E-state index contributed by atoms with van der Waals surface area (Å²) in [5.41, 5.74) is -0.533. The number of amides is 2. The highest BCUT2D eigenvalue weighted by Crippen LogP contribution is 2.08. The second-order valence-corrected chi connectivity index (χ2v) is 4.26. The van der Waals surface area contributed by atoms with Gasteiger partial charge in [0.25, 0.3) is 0 Å². The quantitative estimate of drug-likeness (QED) is 0.692. The minimum absolute atomic E-state index is 0.365. The first kappa shape index (κ1) is 13.7. The molecule has 0 aromatic heterocycles. The molecule has 5 nitrogen and oxygen atoms in total. The van der Waals surface area contributed by atoms with E-state index >= 15 is 0 Å². The van der Waals surface area contributed by atoms with Crippen molar-refractivity contribution in [3.05, 3.63) is 0 Å². The maximum atomic E-state index is 11.4. The fourth-order valence-electron chi connectivity index (χ4n) is 0.857. The number of carbonyl (C=O) groups is 2. The molecule has 88 valence electrons. The third kappa shape index (κ3) is 6.76. The molecule has 0 aromatic rings. The van der Waals surface area contributed by atoms with Gasteiger partial charge in [-0.3, -0.25) is 0 Å². The van der Waals surface area contributed by atoms with Crippen molar-refractivity contribution in [3.63, 3.8) is 0 Å². The summed E-state index contributed by atoms with van der Waals surface area (Å²) in [5, 5.41) is 5.01. The summed E-state index contributed by atoms with van der Waals surface area (Å²) in [5.74, 6) is -0.436. The number of carbonyl (C=O) groups excluding carboxylic acids is 2. The lowest BCUT2D eigenvalue weighted by molar-refractivity contribution is -0.156. The third-order valence-corrected chi connectivity index (χ3v) is 1.45. The Morgan fingerprint density at radius 3 is 2.27 bits per heavy atom. The highest BCUT2D eigenvalue weighted by Gasteiger charge is 2.22. The summed E-state index contributed by atoms with van der Waals surface area (Å²) in [6.07, 6.45) is 0. The average Bonchev–Trinajstić information content (AvgIpc) is 2.00. The monoisotopic (exact) mass is 216 g/mol. The number of hydrogen-bond donors (Lipinski definition) is 2. The van der Waals surface area contributed by atoms with Crippen molar-refractivity contribution < 1.29 is 14.3 Å². The zero-order chi connectivity index (χ0) is 12.1. The number of urea groups is 1. The molecular formula is C10H20N2O3. The number of rotatable bonds is 3. The van der Waals surface area contributed by atoms with Crippen molar-refractivity contribution >= 4 is 12.0 Å². The smallest absolute Gasteiger partial charge is 0.328 e. The van der Waals surface area contributed by atoms with Crippen molar-refractivity contribution in [1.29, 1.82) is 0 Å². The van der Waals surface area contributed by atoms with E-state index in [-0.39, 0.29) is 6.03 Å². The van der Waals surface area contributed by atoms with Crippen LogP contribution in [-0.4, -0.2) is 30.2 Å². The van der Waals surface area contributed by atoms with Gasteiger partial charge in [-0.2, -0.15) is 0 Å². The molecule has 5 heteroatoms. The van der Waals surface area contributed by atoms with Crippen LogP contribution in [0.2, 0.25) is 0 Å². The Labute approximate surface area is 90.6 Å². The average molecular weight is 216 g/mol. The molecule has 0 aliphatic rings. The molecule has 0 aliphatic heterocycles. The minimum Gasteiger partial charge on any atom is -0.458 e. The Kier molecular flexibility index (Phi) is 5.11. The van der Waals surface area contributed by atoms with E-state index in [1.165, 1.54) is 0 Å². The summed E-state index contributed by atoms with van der Waals surface area (Å²) in [4.78, 5) is 22.5. The molecule has 0 saturated carbocycles. The van der Waals surface area contributed by atoms with Gasteiger partial charge in [-0.25, -0.2) is 9.59 Å². The largest absolute Gasteiger partial charge is 0.458 e. The molecule has 0 heterocycles. The van der Waals surface area contributed by atoms with Crippen LogP contribution in [0.4, 0.5) is 4.79 Å².